The van der Waals surface area contributed by atoms with Crippen molar-refractivity contribution in [1.82, 2.24) is 15.0 Å². The quantitative estimate of drug-likeness (QED) is 0.506. The average Bonchev–Trinajstić information content (AvgIpc) is 3.79. The van der Waals surface area contributed by atoms with Gasteiger partial charge in [-0.1, -0.05) is 0 Å². The topological polar surface area (TPSA) is 91.3 Å². The summed E-state index contributed by atoms with van der Waals surface area (Å²) in [6, 6.07) is 2.18. The highest BCUT2D eigenvalue weighted by Gasteiger charge is 2.46. The number of carboxylic acids is 1. The van der Waals surface area contributed by atoms with E-state index in [0.29, 0.717) is 35.6 Å². The molecule has 5 fully saturated rings. The maximum Gasteiger partial charge on any atom is 0.354 e. The molecule has 3 saturated carbocycles. The van der Waals surface area contributed by atoms with Crippen LogP contribution in [0.4, 0.5) is 5.95 Å². The fourth-order valence-corrected chi connectivity index (χ4v) is 7.53. The van der Waals surface area contributed by atoms with Gasteiger partial charge in [0.05, 0.1) is 12.7 Å². The number of aromatic amines is 1. The van der Waals surface area contributed by atoms with Crippen LogP contribution in [0.1, 0.15) is 122 Å². The average molecular weight is 491 g/mol. The fraction of sp³-hybridized carbons (Fsp3) is 0.690. The summed E-state index contributed by atoms with van der Waals surface area (Å²) >= 11 is 0. The number of nitrogens with one attached hydrogen (secondary N) is 1. The van der Waals surface area contributed by atoms with Gasteiger partial charge in [0.1, 0.15) is 0 Å². The maximum atomic E-state index is 11.5. The third kappa shape index (κ3) is 4.13. The first-order chi connectivity index (χ1) is 17.5. The molecule has 2 aromatic rings. The van der Waals surface area contributed by atoms with Crippen molar-refractivity contribution in [1.29, 1.82) is 0 Å². The summed E-state index contributed by atoms with van der Waals surface area (Å²) in [7, 11) is 0. The zero-order valence-corrected chi connectivity index (χ0v) is 21.3. The maximum absolute atomic E-state index is 11.5. The first-order valence-corrected chi connectivity index (χ1v) is 14.2. The fourth-order valence-electron chi connectivity index (χ4n) is 7.53. The van der Waals surface area contributed by atoms with Crippen LogP contribution in [-0.2, 0) is 11.3 Å². The Hall–Kier alpha value is -2.41. The van der Waals surface area contributed by atoms with Crippen molar-refractivity contribution in [2.75, 3.05) is 4.90 Å². The molecular weight excluding hydrogens is 452 g/mol. The lowest BCUT2D eigenvalue weighted by molar-refractivity contribution is 0.0141. The molecule has 7 rings (SSSR count). The van der Waals surface area contributed by atoms with Crippen molar-refractivity contribution < 1.29 is 14.6 Å². The Balaban J connectivity index is 1.05. The predicted molar refractivity (Wildman–Crippen MR) is 136 cm³/mol. The monoisotopic (exact) mass is 490 g/mol. The Kier molecular flexibility index (Phi) is 5.42. The second-order valence-electron chi connectivity index (χ2n) is 12.4. The molecule has 2 bridgehead atoms. The molecule has 2 saturated heterocycles. The highest BCUT2D eigenvalue weighted by Crippen LogP contribution is 2.59. The molecule has 0 aromatic carbocycles. The number of hydrogen-bond acceptors (Lipinski definition) is 5. The Morgan fingerprint density at radius 2 is 1.78 bits per heavy atom. The molecule has 2 atom stereocenters. The second-order valence-corrected chi connectivity index (χ2v) is 12.4. The first-order valence-electron chi connectivity index (χ1n) is 14.2. The van der Waals surface area contributed by atoms with Gasteiger partial charge >= 0.3 is 5.97 Å². The van der Waals surface area contributed by atoms with Crippen LogP contribution >= 0.6 is 0 Å². The number of piperidine rings is 1. The number of nitrogens with zero attached hydrogens (tertiary/aromatic N) is 3. The van der Waals surface area contributed by atoms with E-state index >= 15 is 0 Å². The van der Waals surface area contributed by atoms with Crippen LogP contribution in [0, 0.1) is 12.3 Å². The number of rotatable bonds is 7. The second kappa shape index (κ2) is 8.57. The number of aromatic carboxylic acids is 1. The molecule has 2 aromatic heterocycles. The molecule has 0 radical (unpaired) electrons. The number of fused-ring (bicyclic) bond motifs is 2. The number of aromatic nitrogens is 3. The van der Waals surface area contributed by atoms with Gasteiger partial charge in [-0.2, -0.15) is 0 Å². The lowest BCUT2D eigenvalue weighted by Crippen LogP contribution is -2.46. The molecule has 7 nitrogen and oxygen atoms in total. The first kappa shape index (κ1) is 22.8. The van der Waals surface area contributed by atoms with Crippen LogP contribution in [0.5, 0.6) is 0 Å². The van der Waals surface area contributed by atoms with E-state index in [9.17, 15) is 9.90 Å². The predicted octanol–water partition coefficient (Wildman–Crippen LogP) is 5.84. The van der Waals surface area contributed by atoms with Gasteiger partial charge in [0.15, 0.2) is 5.69 Å². The Labute approximate surface area is 213 Å². The smallest absolute Gasteiger partial charge is 0.354 e. The van der Waals surface area contributed by atoms with Gasteiger partial charge in [-0.05, 0) is 113 Å². The van der Waals surface area contributed by atoms with Crippen LogP contribution in [0.25, 0.3) is 0 Å². The van der Waals surface area contributed by atoms with E-state index in [2.05, 4.69) is 26.0 Å². The summed E-state index contributed by atoms with van der Waals surface area (Å²) in [6.45, 7) is 2.57. The van der Waals surface area contributed by atoms with Crippen molar-refractivity contribution in [3.63, 3.8) is 0 Å². The van der Waals surface area contributed by atoms with Crippen molar-refractivity contribution in [2.24, 2.45) is 5.41 Å². The molecule has 2 aliphatic heterocycles. The number of carboxylic acid groups (broad SMARTS) is 1. The van der Waals surface area contributed by atoms with Crippen LogP contribution in [0.3, 0.4) is 0 Å². The Morgan fingerprint density at radius 1 is 1.06 bits per heavy atom. The van der Waals surface area contributed by atoms with Crippen molar-refractivity contribution in [2.45, 2.75) is 121 Å². The van der Waals surface area contributed by atoms with E-state index in [1.165, 1.54) is 62.6 Å². The molecule has 36 heavy (non-hydrogen) atoms. The van der Waals surface area contributed by atoms with Crippen molar-refractivity contribution in [3.05, 3.63) is 40.5 Å². The number of H-pyrrole nitrogens is 1. The summed E-state index contributed by atoms with van der Waals surface area (Å²) < 4.78 is 6.70. The SMILES string of the molecule is Cc1cc(C(=O)O)nc(N2C3CCC2CC(OCc2c(C4CCC5(CC4)CC5)c[nH]c2C2CC2)C3)n1. The Morgan fingerprint density at radius 3 is 2.42 bits per heavy atom. The van der Waals surface area contributed by atoms with Gasteiger partial charge in [-0.3, -0.25) is 0 Å². The van der Waals surface area contributed by atoms with Gasteiger partial charge in [0.2, 0.25) is 5.95 Å². The standard InChI is InChI=1S/C29H38N4O3/c1-17-12-25(27(34)35)32-28(31-17)33-20-4-5-21(33)14-22(13-20)36-16-24-23(15-30-26(24)19-2-3-19)18-6-8-29(9-7-18)10-11-29/h12,15,18-22,30H,2-11,13-14,16H2,1H3,(H,34,35). The minimum Gasteiger partial charge on any atom is -0.477 e. The van der Waals surface area contributed by atoms with E-state index in [1.807, 2.05) is 6.92 Å². The summed E-state index contributed by atoms with van der Waals surface area (Å²) in [5, 5.41) is 9.46. The minimum atomic E-state index is -0.994. The third-order valence-corrected chi connectivity index (χ3v) is 9.93. The third-order valence-electron chi connectivity index (χ3n) is 9.93. The van der Waals surface area contributed by atoms with Gasteiger partial charge in [-0.15, -0.1) is 0 Å². The van der Waals surface area contributed by atoms with E-state index in [1.54, 1.807) is 11.6 Å². The number of carbonyl (C=O) groups is 1. The molecule has 3 aliphatic carbocycles. The summed E-state index contributed by atoms with van der Waals surface area (Å²) in [5.74, 6) is 0.980. The highest BCUT2D eigenvalue weighted by atomic mass is 16.5. The largest absolute Gasteiger partial charge is 0.477 e. The molecule has 192 valence electrons. The minimum absolute atomic E-state index is 0.0817. The molecule has 2 N–H and O–H groups in total. The zero-order chi connectivity index (χ0) is 24.4. The molecule has 0 amide bonds. The van der Waals surface area contributed by atoms with Crippen LogP contribution in [0.15, 0.2) is 12.3 Å². The Bertz CT molecular complexity index is 1140. The van der Waals surface area contributed by atoms with Crippen LogP contribution in [0.2, 0.25) is 0 Å². The van der Waals surface area contributed by atoms with E-state index < -0.39 is 5.97 Å². The highest BCUT2D eigenvalue weighted by molar-refractivity contribution is 5.85. The molecular formula is C29H38N4O3. The van der Waals surface area contributed by atoms with E-state index in [0.717, 1.165) is 37.7 Å². The summed E-state index contributed by atoms with van der Waals surface area (Å²) in [4.78, 5) is 26.5. The summed E-state index contributed by atoms with van der Waals surface area (Å²) in [6.07, 6.45) is 17.7. The molecule has 4 heterocycles. The number of aryl methyl sites for hydroxylation is 1. The number of hydrogen-bond donors (Lipinski definition) is 2. The van der Waals surface area contributed by atoms with Crippen molar-refractivity contribution >= 4 is 11.9 Å². The van der Waals surface area contributed by atoms with E-state index in [4.69, 9.17) is 4.74 Å². The summed E-state index contributed by atoms with van der Waals surface area (Å²) in [5.41, 5.74) is 5.98. The molecule has 2 unspecified atom stereocenters. The van der Waals surface area contributed by atoms with Crippen LogP contribution in [-0.4, -0.2) is 44.2 Å². The van der Waals surface area contributed by atoms with Gasteiger partial charge in [-0.25, -0.2) is 14.8 Å². The lowest BCUT2D eigenvalue weighted by atomic mass is 9.76. The van der Waals surface area contributed by atoms with Gasteiger partial charge in [0.25, 0.3) is 0 Å². The van der Waals surface area contributed by atoms with Gasteiger partial charge in [0, 0.05) is 35.2 Å². The van der Waals surface area contributed by atoms with Crippen molar-refractivity contribution in [3.8, 4) is 0 Å². The van der Waals surface area contributed by atoms with E-state index in [-0.39, 0.29) is 11.8 Å². The lowest BCUT2D eigenvalue weighted by Gasteiger charge is -2.39. The normalized spacial score (nSPS) is 29.1. The van der Waals surface area contributed by atoms with Crippen LogP contribution < -0.4 is 4.90 Å². The van der Waals surface area contributed by atoms with Gasteiger partial charge < -0.3 is 19.7 Å². The number of ether oxygens (including phenoxy) is 1. The molecule has 5 aliphatic rings. The number of anilines is 1. The molecule has 1 spiro atoms. The zero-order valence-electron chi connectivity index (χ0n) is 21.3. The molecule has 7 heteroatoms.